The third kappa shape index (κ3) is 3.21. The van der Waals surface area contributed by atoms with Crippen LogP contribution in [-0.4, -0.2) is 62.8 Å². The summed E-state index contributed by atoms with van der Waals surface area (Å²) in [6.07, 6.45) is 4.36. The van der Waals surface area contributed by atoms with E-state index in [-0.39, 0.29) is 17.7 Å². The van der Waals surface area contributed by atoms with E-state index in [0.717, 1.165) is 42.5 Å². The van der Waals surface area contributed by atoms with E-state index < -0.39 is 0 Å². The number of rotatable bonds is 5. The second kappa shape index (κ2) is 6.76. The Morgan fingerprint density at radius 2 is 2.21 bits per heavy atom. The number of carbonyl (C=O) groups excluding carboxylic acids is 1. The number of amides is 1. The molecule has 2 atom stereocenters. The van der Waals surface area contributed by atoms with Gasteiger partial charge in [-0.25, -0.2) is 9.97 Å². The van der Waals surface area contributed by atoms with Crippen molar-refractivity contribution in [1.29, 1.82) is 0 Å². The highest BCUT2D eigenvalue weighted by Crippen LogP contribution is 2.34. The van der Waals surface area contributed by atoms with Gasteiger partial charge in [-0.2, -0.15) is 0 Å². The molecule has 0 aromatic carbocycles. The molecule has 1 amide bonds. The van der Waals surface area contributed by atoms with Gasteiger partial charge in [-0.1, -0.05) is 6.92 Å². The lowest BCUT2D eigenvalue weighted by Gasteiger charge is -2.23. The zero-order valence-corrected chi connectivity index (χ0v) is 14.8. The van der Waals surface area contributed by atoms with Gasteiger partial charge in [0.2, 0.25) is 5.91 Å². The van der Waals surface area contributed by atoms with Crippen LogP contribution < -0.4 is 0 Å². The SMILES string of the molecule is CCc1nc([C@H]2CN(C)C[C@@H]2C(=O)N(C)Cc2ncc[nH]2)c(C)[nH]1. The Balaban J connectivity index is 1.79. The van der Waals surface area contributed by atoms with Gasteiger partial charge in [-0.15, -0.1) is 0 Å². The highest BCUT2D eigenvalue weighted by molar-refractivity contribution is 5.80. The third-order valence-electron chi connectivity index (χ3n) is 4.80. The van der Waals surface area contributed by atoms with Crippen LogP contribution in [-0.2, 0) is 17.8 Å². The summed E-state index contributed by atoms with van der Waals surface area (Å²) in [7, 11) is 3.91. The number of aromatic nitrogens is 4. The zero-order valence-electron chi connectivity index (χ0n) is 14.8. The Morgan fingerprint density at radius 3 is 2.83 bits per heavy atom. The molecule has 2 N–H and O–H groups in total. The molecule has 1 fully saturated rings. The van der Waals surface area contributed by atoms with Crippen LogP contribution in [0.3, 0.4) is 0 Å². The Hall–Kier alpha value is -2.15. The molecule has 0 radical (unpaired) electrons. The minimum absolute atomic E-state index is 0.0679. The van der Waals surface area contributed by atoms with Crippen LogP contribution >= 0.6 is 0 Å². The van der Waals surface area contributed by atoms with Crippen molar-refractivity contribution in [3.63, 3.8) is 0 Å². The molecule has 0 spiro atoms. The quantitative estimate of drug-likeness (QED) is 0.866. The molecular weight excluding hydrogens is 304 g/mol. The number of carbonyl (C=O) groups is 1. The summed E-state index contributed by atoms with van der Waals surface area (Å²) in [5, 5.41) is 0. The van der Waals surface area contributed by atoms with Gasteiger partial charge in [0.1, 0.15) is 11.6 Å². The van der Waals surface area contributed by atoms with Crippen molar-refractivity contribution in [3.05, 3.63) is 35.4 Å². The van der Waals surface area contributed by atoms with Crippen molar-refractivity contribution < 1.29 is 4.79 Å². The molecule has 24 heavy (non-hydrogen) atoms. The predicted molar refractivity (Wildman–Crippen MR) is 91.5 cm³/mol. The number of hydrogen-bond donors (Lipinski definition) is 2. The number of H-pyrrole nitrogens is 2. The number of imidazole rings is 2. The lowest BCUT2D eigenvalue weighted by atomic mass is 9.90. The lowest BCUT2D eigenvalue weighted by Crippen LogP contribution is -2.36. The van der Waals surface area contributed by atoms with Gasteiger partial charge in [0.25, 0.3) is 0 Å². The van der Waals surface area contributed by atoms with E-state index in [1.165, 1.54) is 0 Å². The van der Waals surface area contributed by atoms with Crippen molar-refractivity contribution in [3.8, 4) is 0 Å². The predicted octanol–water partition coefficient (Wildman–Crippen LogP) is 1.31. The van der Waals surface area contributed by atoms with Gasteiger partial charge in [0, 0.05) is 50.6 Å². The van der Waals surface area contributed by atoms with Gasteiger partial charge in [-0.05, 0) is 14.0 Å². The average Bonchev–Trinajstić information content (AvgIpc) is 3.26. The average molecular weight is 330 g/mol. The summed E-state index contributed by atoms with van der Waals surface area (Å²) in [6, 6.07) is 0. The second-order valence-electron chi connectivity index (χ2n) is 6.71. The minimum Gasteiger partial charge on any atom is -0.347 e. The Labute approximate surface area is 142 Å². The van der Waals surface area contributed by atoms with Crippen molar-refractivity contribution in [2.24, 2.45) is 5.92 Å². The normalized spacial score (nSPS) is 21.3. The number of hydrogen-bond acceptors (Lipinski definition) is 4. The summed E-state index contributed by atoms with van der Waals surface area (Å²) < 4.78 is 0. The molecule has 7 nitrogen and oxygen atoms in total. The Kier molecular flexibility index (Phi) is 4.71. The largest absolute Gasteiger partial charge is 0.347 e. The molecule has 130 valence electrons. The van der Waals surface area contributed by atoms with E-state index in [0.29, 0.717) is 6.54 Å². The number of nitrogens with zero attached hydrogens (tertiary/aromatic N) is 4. The number of likely N-dealkylation sites (tertiary alicyclic amines) is 1. The van der Waals surface area contributed by atoms with Crippen LogP contribution in [0.2, 0.25) is 0 Å². The Morgan fingerprint density at radius 1 is 1.42 bits per heavy atom. The number of aromatic amines is 2. The zero-order chi connectivity index (χ0) is 17.3. The monoisotopic (exact) mass is 330 g/mol. The van der Waals surface area contributed by atoms with E-state index in [9.17, 15) is 4.79 Å². The maximum absolute atomic E-state index is 13.0. The minimum atomic E-state index is -0.0679. The van der Waals surface area contributed by atoms with Gasteiger partial charge >= 0.3 is 0 Å². The van der Waals surface area contributed by atoms with Crippen molar-refractivity contribution >= 4 is 5.91 Å². The number of aryl methyl sites for hydroxylation is 2. The fourth-order valence-corrected chi connectivity index (χ4v) is 3.56. The maximum atomic E-state index is 13.0. The first-order valence-corrected chi connectivity index (χ1v) is 8.46. The van der Waals surface area contributed by atoms with E-state index >= 15 is 0 Å². The first kappa shape index (κ1) is 16.7. The second-order valence-corrected chi connectivity index (χ2v) is 6.71. The third-order valence-corrected chi connectivity index (χ3v) is 4.80. The first-order valence-electron chi connectivity index (χ1n) is 8.46. The fourth-order valence-electron chi connectivity index (χ4n) is 3.56. The van der Waals surface area contributed by atoms with Crippen LogP contribution in [0.25, 0.3) is 0 Å². The highest BCUT2D eigenvalue weighted by Gasteiger charge is 2.40. The molecule has 7 heteroatoms. The molecule has 2 aromatic heterocycles. The van der Waals surface area contributed by atoms with E-state index in [1.54, 1.807) is 17.3 Å². The molecule has 0 saturated carbocycles. The number of nitrogens with one attached hydrogen (secondary N) is 2. The van der Waals surface area contributed by atoms with E-state index in [1.807, 2.05) is 14.0 Å². The molecule has 1 aliphatic heterocycles. The topological polar surface area (TPSA) is 80.9 Å². The van der Waals surface area contributed by atoms with Crippen molar-refractivity contribution in [1.82, 2.24) is 29.7 Å². The van der Waals surface area contributed by atoms with Crippen LogP contribution in [0.5, 0.6) is 0 Å². The molecule has 1 saturated heterocycles. The summed E-state index contributed by atoms with van der Waals surface area (Å²) in [6.45, 7) is 6.26. The van der Waals surface area contributed by atoms with Crippen molar-refractivity contribution in [2.45, 2.75) is 32.7 Å². The summed E-state index contributed by atoms with van der Waals surface area (Å²) in [4.78, 5) is 32.3. The van der Waals surface area contributed by atoms with Crippen LogP contribution in [0.1, 0.15) is 35.9 Å². The smallest absolute Gasteiger partial charge is 0.227 e. The lowest BCUT2D eigenvalue weighted by molar-refractivity contribution is -0.134. The van der Waals surface area contributed by atoms with Gasteiger partial charge in [0.15, 0.2) is 0 Å². The van der Waals surface area contributed by atoms with Crippen LogP contribution in [0.4, 0.5) is 0 Å². The molecule has 0 unspecified atom stereocenters. The molecule has 3 rings (SSSR count). The molecule has 0 bridgehead atoms. The molecule has 0 aliphatic carbocycles. The van der Waals surface area contributed by atoms with Gasteiger partial charge < -0.3 is 19.8 Å². The molecule has 1 aliphatic rings. The summed E-state index contributed by atoms with van der Waals surface area (Å²) in [5.41, 5.74) is 2.12. The molecule has 3 heterocycles. The summed E-state index contributed by atoms with van der Waals surface area (Å²) >= 11 is 0. The van der Waals surface area contributed by atoms with E-state index in [2.05, 4.69) is 33.8 Å². The molecular formula is C17H26N6O. The standard InChI is InChI=1S/C17H26N6O/c1-5-14-20-11(2)16(21-14)12-8-22(3)9-13(12)17(24)23(4)10-15-18-6-7-19-15/h6-7,12-13H,5,8-10H2,1-4H3,(H,18,19)(H,20,21)/t12-,13-/m0/s1. The van der Waals surface area contributed by atoms with Crippen molar-refractivity contribution in [2.75, 3.05) is 27.2 Å². The van der Waals surface area contributed by atoms with Gasteiger partial charge in [-0.3, -0.25) is 4.79 Å². The summed E-state index contributed by atoms with van der Waals surface area (Å²) in [5.74, 6) is 2.02. The molecule has 2 aromatic rings. The fraction of sp³-hybridized carbons (Fsp3) is 0.588. The van der Waals surface area contributed by atoms with Crippen LogP contribution in [0, 0.1) is 12.8 Å². The highest BCUT2D eigenvalue weighted by atomic mass is 16.2. The maximum Gasteiger partial charge on any atom is 0.227 e. The number of likely N-dealkylation sites (N-methyl/N-ethyl adjacent to an activating group) is 1. The first-order chi connectivity index (χ1) is 11.5. The van der Waals surface area contributed by atoms with Crippen LogP contribution in [0.15, 0.2) is 12.4 Å². The van der Waals surface area contributed by atoms with E-state index in [4.69, 9.17) is 4.98 Å². The van der Waals surface area contributed by atoms with Gasteiger partial charge in [0.05, 0.1) is 18.2 Å². The Bertz CT molecular complexity index is 692.